The first kappa shape index (κ1) is 23.9. The number of rotatable bonds is 18. The van der Waals surface area contributed by atoms with Gasteiger partial charge in [0.2, 0.25) is 0 Å². The predicted octanol–water partition coefficient (Wildman–Crippen LogP) is 6.91. The molecule has 0 radical (unpaired) electrons. The van der Waals surface area contributed by atoms with E-state index in [2.05, 4.69) is 6.92 Å². The van der Waals surface area contributed by atoms with Crippen molar-refractivity contribution in [3.05, 3.63) is 0 Å². The minimum absolute atomic E-state index is 0.581. The van der Waals surface area contributed by atoms with Gasteiger partial charge in [0.1, 0.15) is 0 Å². The van der Waals surface area contributed by atoms with Crippen LogP contribution in [-0.4, -0.2) is 18.2 Å². The largest absolute Gasteiger partial charge is 0.285 e. The molecule has 0 aliphatic heterocycles. The van der Waals surface area contributed by atoms with Crippen molar-refractivity contribution in [3.63, 3.8) is 0 Å². The first-order valence-electron chi connectivity index (χ1n) is 10.4. The molecule has 1 N–H and O–H groups in total. The van der Waals surface area contributed by atoms with E-state index in [1.54, 1.807) is 6.92 Å². The van der Waals surface area contributed by atoms with E-state index in [4.69, 9.17) is 4.55 Å². The van der Waals surface area contributed by atoms with E-state index in [0.29, 0.717) is 6.42 Å². The van der Waals surface area contributed by atoms with Crippen LogP contribution in [0, 0.1) is 0 Å². The normalized spacial score (nSPS) is 13.3. The van der Waals surface area contributed by atoms with Crippen LogP contribution < -0.4 is 0 Å². The van der Waals surface area contributed by atoms with Crippen LogP contribution in [0.1, 0.15) is 123 Å². The number of hydrogen-bond acceptors (Lipinski definition) is 2. The van der Waals surface area contributed by atoms with Crippen molar-refractivity contribution < 1.29 is 13.0 Å². The number of unbranched alkanes of at least 4 members (excludes halogenated alkanes) is 15. The Bertz CT molecular complexity index is 352. The fourth-order valence-corrected chi connectivity index (χ4v) is 3.59. The van der Waals surface area contributed by atoms with Crippen molar-refractivity contribution in [2.45, 2.75) is 128 Å². The van der Waals surface area contributed by atoms with Gasteiger partial charge in [-0.1, -0.05) is 110 Å². The van der Waals surface area contributed by atoms with E-state index in [1.807, 2.05) is 0 Å². The zero-order chi connectivity index (χ0) is 18.1. The minimum atomic E-state index is -3.82. The van der Waals surface area contributed by atoms with Crippen LogP contribution in [0.2, 0.25) is 0 Å². The molecule has 0 saturated carbocycles. The zero-order valence-corrected chi connectivity index (χ0v) is 17.1. The summed E-state index contributed by atoms with van der Waals surface area (Å²) in [5, 5.41) is -0.607. The highest BCUT2D eigenvalue weighted by atomic mass is 32.2. The summed E-state index contributed by atoms with van der Waals surface area (Å²) in [5.74, 6) is 0. The monoisotopic (exact) mass is 362 g/mol. The van der Waals surface area contributed by atoms with Gasteiger partial charge in [-0.25, -0.2) is 0 Å². The topological polar surface area (TPSA) is 54.4 Å². The molecule has 0 spiro atoms. The first-order chi connectivity index (χ1) is 11.5. The molecule has 24 heavy (non-hydrogen) atoms. The van der Waals surface area contributed by atoms with E-state index in [-0.39, 0.29) is 0 Å². The van der Waals surface area contributed by atoms with Crippen molar-refractivity contribution >= 4 is 10.1 Å². The fraction of sp³-hybridized carbons (Fsp3) is 1.00. The second-order valence-corrected chi connectivity index (χ2v) is 9.25. The van der Waals surface area contributed by atoms with Crippen molar-refractivity contribution in [1.82, 2.24) is 0 Å². The van der Waals surface area contributed by atoms with Gasteiger partial charge < -0.3 is 0 Å². The zero-order valence-electron chi connectivity index (χ0n) is 16.3. The Morgan fingerprint density at radius 2 is 0.917 bits per heavy atom. The van der Waals surface area contributed by atoms with E-state index in [9.17, 15) is 8.42 Å². The molecule has 3 nitrogen and oxygen atoms in total. The maximum atomic E-state index is 10.9. The highest BCUT2D eigenvalue weighted by Gasteiger charge is 2.15. The van der Waals surface area contributed by atoms with Crippen LogP contribution in [-0.2, 0) is 10.1 Å². The summed E-state index contributed by atoms with van der Waals surface area (Å²) in [6.07, 6.45) is 21.7. The SMILES string of the molecule is CCCCCCCCCCCCCCCCCCC(C)S(=O)(=O)O. The van der Waals surface area contributed by atoms with E-state index in [0.717, 1.165) is 12.8 Å². The van der Waals surface area contributed by atoms with Gasteiger partial charge in [-0.05, 0) is 13.3 Å². The molecule has 0 fully saturated rings. The Kier molecular flexibility index (Phi) is 16.3. The molecule has 146 valence electrons. The number of hydrogen-bond donors (Lipinski definition) is 1. The quantitative estimate of drug-likeness (QED) is 0.213. The molecule has 1 atom stereocenters. The Balaban J connectivity index is 3.13. The van der Waals surface area contributed by atoms with Gasteiger partial charge in [0.15, 0.2) is 0 Å². The third-order valence-corrected chi connectivity index (χ3v) is 6.23. The van der Waals surface area contributed by atoms with Crippen molar-refractivity contribution in [3.8, 4) is 0 Å². The van der Waals surface area contributed by atoms with Gasteiger partial charge in [0.05, 0.1) is 5.25 Å². The second kappa shape index (κ2) is 16.4. The minimum Gasteiger partial charge on any atom is -0.285 e. The summed E-state index contributed by atoms with van der Waals surface area (Å²) in [4.78, 5) is 0. The predicted molar refractivity (Wildman–Crippen MR) is 105 cm³/mol. The lowest BCUT2D eigenvalue weighted by molar-refractivity contribution is 0.461. The average Bonchev–Trinajstić information content (AvgIpc) is 2.53. The molecule has 0 amide bonds. The third kappa shape index (κ3) is 16.8. The Morgan fingerprint density at radius 1 is 0.625 bits per heavy atom. The first-order valence-corrected chi connectivity index (χ1v) is 11.9. The molecule has 0 aromatic carbocycles. The molecular weight excluding hydrogens is 320 g/mol. The smallest absolute Gasteiger partial charge is 0.267 e. The molecule has 0 saturated heterocycles. The van der Waals surface area contributed by atoms with Crippen LogP contribution in [0.5, 0.6) is 0 Å². The highest BCUT2D eigenvalue weighted by molar-refractivity contribution is 7.86. The van der Waals surface area contributed by atoms with Crippen LogP contribution in [0.15, 0.2) is 0 Å². The van der Waals surface area contributed by atoms with Crippen LogP contribution in [0.25, 0.3) is 0 Å². The van der Waals surface area contributed by atoms with E-state index in [1.165, 1.54) is 89.9 Å². The summed E-state index contributed by atoms with van der Waals surface area (Å²) in [7, 11) is -3.82. The lowest BCUT2D eigenvalue weighted by atomic mass is 10.0. The maximum absolute atomic E-state index is 10.9. The lowest BCUT2D eigenvalue weighted by Crippen LogP contribution is -2.16. The van der Waals surface area contributed by atoms with Crippen molar-refractivity contribution in [1.29, 1.82) is 0 Å². The molecule has 0 aromatic rings. The Morgan fingerprint density at radius 3 is 1.21 bits per heavy atom. The molecule has 0 aliphatic rings. The van der Waals surface area contributed by atoms with Gasteiger partial charge in [-0.15, -0.1) is 0 Å². The summed E-state index contributed by atoms with van der Waals surface area (Å²) in [6.45, 7) is 3.85. The van der Waals surface area contributed by atoms with Crippen molar-refractivity contribution in [2.24, 2.45) is 0 Å². The van der Waals surface area contributed by atoms with Crippen LogP contribution in [0.4, 0.5) is 0 Å². The third-order valence-electron chi connectivity index (χ3n) is 4.97. The standard InChI is InChI=1S/C20H42O3S/c1-3-4-5-6-7-8-9-10-11-12-13-14-15-16-17-18-19-20(2)24(21,22)23/h20H,3-19H2,1-2H3,(H,21,22,23). The van der Waals surface area contributed by atoms with Gasteiger partial charge in [0.25, 0.3) is 10.1 Å². The van der Waals surface area contributed by atoms with Gasteiger partial charge in [-0.2, -0.15) is 8.42 Å². The van der Waals surface area contributed by atoms with Gasteiger partial charge >= 0.3 is 0 Å². The summed E-state index contributed by atoms with van der Waals surface area (Å²) < 4.78 is 30.6. The van der Waals surface area contributed by atoms with Crippen LogP contribution >= 0.6 is 0 Å². The van der Waals surface area contributed by atoms with E-state index < -0.39 is 15.4 Å². The lowest BCUT2D eigenvalue weighted by Gasteiger charge is -2.07. The Hall–Kier alpha value is -0.0900. The summed E-state index contributed by atoms with van der Waals surface area (Å²) >= 11 is 0. The van der Waals surface area contributed by atoms with Crippen LogP contribution in [0.3, 0.4) is 0 Å². The summed E-state index contributed by atoms with van der Waals surface area (Å²) in [6, 6.07) is 0. The molecule has 0 aromatic heterocycles. The maximum Gasteiger partial charge on any atom is 0.267 e. The molecule has 1 unspecified atom stereocenters. The molecule has 0 bridgehead atoms. The fourth-order valence-electron chi connectivity index (χ4n) is 3.13. The molecule has 0 heterocycles. The van der Waals surface area contributed by atoms with Gasteiger partial charge in [-0.3, -0.25) is 4.55 Å². The molecule has 0 rings (SSSR count). The summed E-state index contributed by atoms with van der Waals surface area (Å²) in [5.41, 5.74) is 0. The molecule has 4 heteroatoms. The second-order valence-electron chi connectivity index (χ2n) is 7.42. The average molecular weight is 363 g/mol. The molecule has 0 aliphatic carbocycles. The van der Waals surface area contributed by atoms with Gasteiger partial charge in [0, 0.05) is 0 Å². The Labute approximate surface area is 151 Å². The van der Waals surface area contributed by atoms with E-state index >= 15 is 0 Å². The highest BCUT2D eigenvalue weighted by Crippen LogP contribution is 2.15. The molecular formula is C20H42O3S. The van der Waals surface area contributed by atoms with Crippen molar-refractivity contribution in [2.75, 3.05) is 0 Å².